The van der Waals surface area contributed by atoms with Gasteiger partial charge in [0.05, 0.1) is 0 Å². The second-order valence-electron chi connectivity index (χ2n) is 1.53. The van der Waals surface area contributed by atoms with Gasteiger partial charge in [0.15, 0.2) is 0 Å². The summed E-state index contributed by atoms with van der Waals surface area (Å²) in [6.07, 6.45) is 2.00. The molecule has 0 saturated heterocycles. The van der Waals surface area contributed by atoms with Crippen LogP contribution in [0.2, 0.25) is 0 Å². The van der Waals surface area contributed by atoms with E-state index >= 15 is 0 Å². The Morgan fingerprint density at radius 1 is 1.60 bits per heavy atom. The van der Waals surface area contributed by atoms with E-state index in [1.54, 1.807) is 0 Å². The van der Waals surface area contributed by atoms with Crippen LogP contribution in [0.25, 0.3) is 0 Å². The Morgan fingerprint density at radius 3 is 2.60 bits per heavy atom. The Morgan fingerprint density at radius 2 is 2.20 bits per heavy atom. The molecule has 0 aliphatic heterocycles. The summed E-state index contributed by atoms with van der Waals surface area (Å²) < 4.78 is 0. The number of rotatable bonds is 5. The van der Waals surface area contributed by atoms with Gasteiger partial charge in [-0.2, -0.15) is 6.41 Å². The van der Waals surface area contributed by atoms with Gasteiger partial charge in [0, 0.05) is 6.42 Å². The summed E-state index contributed by atoms with van der Waals surface area (Å²) >= 11 is 0. The second kappa shape index (κ2) is 9.58. The number of carboxylic acids is 1. The topological polar surface area (TPSA) is 66.4 Å². The minimum absolute atomic E-state index is 0. The van der Waals surface area contributed by atoms with Gasteiger partial charge in [0.2, 0.25) is 0 Å². The number of carboxylic acid groups (broad SMARTS) is 1. The van der Waals surface area contributed by atoms with Gasteiger partial charge >= 0.3 is 57.4 Å². The van der Waals surface area contributed by atoms with Crippen LogP contribution in [0.5, 0.6) is 0 Å². The van der Waals surface area contributed by atoms with Crippen molar-refractivity contribution in [1.82, 2.24) is 5.32 Å². The van der Waals surface area contributed by atoms with Gasteiger partial charge in [-0.3, -0.25) is 4.79 Å². The fourth-order valence-corrected chi connectivity index (χ4v) is 0.379. The molecule has 0 saturated carbocycles. The first kappa shape index (κ1) is 13.2. The largest absolute Gasteiger partial charge is 1.00 e. The molecule has 0 rings (SSSR count). The maximum absolute atomic E-state index is 9.84. The average molecular weight is 169 g/mol. The standard InChI is InChI=1S/C5H8NO3.K/c7-4-6-3-1-2-5(8)9;/h1-3H2,(H,6,7)(H,8,9);/q-1;+1. The minimum atomic E-state index is -0.845. The van der Waals surface area contributed by atoms with E-state index in [9.17, 15) is 9.59 Å². The van der Waals surface area contributed by atoms with Crippen molar-refractivity contribution >= 4 is 12.4 Å². The first-order valence-electron chi connectivity index (χ1n) is 2.59. The molecule has 0 unspecified atom stereocenters. The van der Waals surface area contributed by atoms with Gasteiger partial charge in [-0.25, -0.2) is 0 Å². The molecular formula is C5H8KNO3. The van der Waals surface area contributed by atoms with Crippen LogP contribution in [-0.2, 0) is 9.59 Å². The molecule has 0 aromatic carbocycles. The van der Waals surface area contributed by atoms with Crippen LogP contribution in [0.15, 0.2) is 0 Å². The van der Waals surface area contributed by atoms with E-state index in [0.29, 0.717) is 13.0 Å². The smallest absolute Gasteiger partial charge is 0.530 e. The fourth-order valence-electron chi connectivity index (χ4n) is 0.379. The van der Waals surface area contributed by atoms with Gasteiger partial charge in [0.25, 0.3) is 0 Å². The summed E-state index contributed by atoms with van der Waals surface area (Å²) in [5.74, 6) is -0.845. The second-order valence-corrected chi connectivity index (χ2v) is 1.53. The van der Waals surface area contributed by atoms with Gasteiger partial charge < -0.3 is 15.2 Å². The molecule has 0 atom stereocenters. The van der Waals surface area contributed by atoms with Crippen molar-refractivity contribution in [1.29, 1.82) is 0 Å². The Hall–Kier alpha value is 0.576. The predicted molar refractivity (Wildman–Crippen MR) is 30.6 cm³/mol. The Balaban J connectivity index is 0. The third-order valence-electron chi connectivity index (χ3n) is 0.765. The van der Waals surface area contributed by atoms with Crippen molar-refractivity contribution in [3.63, 3.8) is 0 Å². The van der Waals surface area contributed by atoms with Crippen molar-refractivity contribution in [2.24, 2.45) is 0 Å². The average Bonchev–Trinajstić information content (AvgIpc) is 1.80. The van der Waals surface area contributed by atoms with Crippen LogP contribution in [0.1, 0.15) is 12.8 Å². The monoisotopic (exact) mass is 169 g/mol. The van der Waals surface area contributed by atoms with E-state index in [2.05, 4.69) is 5.32 Å². The van der Waals surface area contributed by atoms with Crippen molar-refractivity contribution in [2.45, 2.75) is 12.8 Å². The SMILES string of the molecule is O=[C-]NCCCC(=O)O.[K+]. The van der Waals surface area contributed by atoms with Crippen molar-refractivity contribution < 1.29 is 66.1 Å². The predicted octanol–water partition coefficient (Wildman–Crippen LogP) is -3.49. The normalized spacial score (nSPS) is 7.60. The summed E-state index contributed by atoms with van der Waals surface area (Å²) in [5, 5.41) is 10.3. The Kier molecular flexibility index (Phi) is 12.6. The van der Waals surface area contributed by atoms with Crippen molar-refractivity contribution in [2.75, 3.05) is 6.54 Å². The number of carbonyl (C=O) groups excluding carboxylic acids is 1. The van der Waals surface area contributed by atoms with Crippen LogP contribution >= 0.6 is 0 Å². The first-order valence-corrected chi connectivity index (χ1v) is 2.59. The summed E-state index contributed by atoms with van der Waals surface area (Å²) in [4.78, 5) is 19.3. The third-order valence-corrected chi connectivity index (χ3v) is 0.765. The number of hydrogen-bond acceptors (Lipinski definition) is 2. The number of aliphatic carboxylic acids is 1. The summed E-state index contributed by atoms with van der Waals surface area (Å²) in [7, 11) is 0. The molecule has 5 heteroatoms. The number of nitrogens with one attached hydrogen (secondary N) is 1. The van der Waals surface area contributed by atoms with E-state index in [-0.39, 0.29) is 57.8 Å². The number of hydrogen-bond donors (Lipinski definition) is 2. The molecule has 2 N–H and O–H groups in total. The molecule has 0 fully saturated rings. The number of carbonyl (C=O) groups is 1. The van der Waals surface area contributed by atoms with Crippen molar-refractivity contribution in [3.8, 4) is 0 Å². The molecule has 0 aromatic heterocycles. The summed E-state index contributed by atoms with van der Waals surface area (Å²) in [6.45, 7) is 0.385. The van der Waals surface area contributed by atoms with E-state index in [0.717, 1.165) is 0 Å². The third kappa shape index (κ3) is 11.4. The quantitative estimate of drug-likeness (QED) is 0.194. The van der Waals surface area contributed by atoms with E-state index in [1.165, 1.54) is 6.41 Å². The fraction of sp³-hybridized carbons (Fsp3) is 0.600. The van der Waals surface area contributed by atoms with Crippen LogP contribution in [-0.4, -0.2) is 24.0 Å². The minimum Gasteiger partial charge on any atom is -0.530 e. The van der Waals surface area contributed by atoms with Crippen LogP contribution in [0.4, 0.5) is 0 Å². The van der Waals surface area contributed by atoms with Gasteiger partial charge in [0.1, 0.15) is 0 Å². The molecule has 0 spiro atoms. The van der Waals surface area contributed by atoms with Crippen LogP contribution in [0, 0.1) is 0 Å². The zero-order valence-corrected chi connectivity index (χ0v) is 9.01. The Bertz CT molecular complexity index is 107. The molecule has 0 heterocycles. The summed E-state index contributed by atoms with van der Waals surface area (Å²) in [6, 6.07) is 0. The van der Waals surface area contributed by atoms with Crippen LogP contribution in [0.3, 0.4) is 0 Å². The van der Waals surface area contributed by atoms with Crippen molar-refractivity contribution in [3.05, 3.63) is 0 Å². The van der Waals surface area contributed by atoms with Gasteiger partial charge in [-0.1, -0.05) is 0 Å². The first-order chi connectivity index (χ1) is 4.27. The molecule has 0 aliphatic carbocycles. The van der Waals surface area contributed by atoms with Gasteiger partial charge in [-0.15, -0.1) is 0 Å². The summed E-state index contributed by atoms with van der Waals surface area (Å²) in [5.41, 5.74) is 0. The molecule has 0 bridgehead atoms. The maximum atomic E-state index is 9.84. The van der Waals surface area contributed by atoms with Crippen LogP contribution < -0.4 is 56.7 Å². The molecule has 0 radical (unpaired) electrons. The molecule has 1 amide bonds. The molecule has 4 nitrogen and oxygen atoms in total. The zero-order chi connectivity index (χ0) is 7.11. The molecule has 0 aliphatic rings. The zero-order valence-electron chi connectivity index (χ0n) is 5.89. The maximum Gasteiger partial charge on any atom is 1.00 e. The molecule has 10 heavy (non-hydrogen) atoms. The molecule has 0 aromatic rings. The Labute approximate surface area is 102 Å². The molecular weight excluding hydrogens is 161 g/mol. The van der Waals surface area contributed by atoms with E-state index in [4.69, 9.17) is 5.11 Å². The number of amides is 1. The van der Waals surface area contributed by atoms with Gasteiger partial charge in [-0.05, 0) is 13.0 Å². The molecule has 52 valence electrons. The van der Waals surface area contributed by atoms with E-state index < -0.39 is 5.97 Å². The van der Waals surface area contributed by atoms with E-state index in [1.807, 2.05) is 0 Å².